The highest BCUT2D eigenvalue weighted by molar-refractivity contribution is 6.10. The molecular weight excluding hydrogens is 783 g/mol. The van der Waals surface area contributed by atoms with Gasteiger partial charge in [-0.3, -0.25) is 4.57 Å². The van der Waals surface area contributed by atoms with Gasteiger partial charge in [-0.2, -0.15) is 0 Å². The largest absolute Gasteiger partial charge is 0.457 e. The Kier molecular flexibility index (Phi) is 8.66. The van der Waals surface area contributed by atoms with Crippen molar-refractivity contribution in [3.05, 3.63) is 185 Å². The van der Waals surface area contributed by atoms with Crippen LogP contribution in [0, 0.1) is 0 Å². The minimum Gasteiger partial charge on any atom is -0.457 e. The number of ether oxygens (including phenoxy) is 1. The summed E-state index contributed by atoms with van der Waals surface area (Å²) in [7, 11) is 0. The normalized spacial score (nSPS) is 16.0. The van der Waals surface area contributed by atoms with Crippen LogP contribution in [-0.4, -0.2) is 16.2 Å². The lowest BCUT2D eigenvalue weighted by atomic mass is 9.66. The molecule has 0 N–H and O–H groups in total. The summed E-state index contributed by atoms with van der Waals surface area (Å²) >= 11 is 0. The molecule has 0 aliphatic carbocycles. The van der Waals surface area contributed by atoms with Gasteiger partial charge in [-0.05, 0) is 117 Å². The van der Waals surface area contributed by atoms with Gasteiger partial charge in [-0.15, -0.1) is 0 Å². The van der Waals surface area contributed by atoms with Crippen molar-refractivity contribution >= 4 is 50.2 Å². The molecule has 320 valence electrons. The Hall–Kier alpha value is -6.79. The Morgan fingerprint density at radius 3 is 1.78 bits per heavy atom. The second-order valence-corrected chi connectivity index (χ2v) is 21.1. The smallest absolute Gasteiger partial charge is 0.137 e. The molecule has 3 aliphatic heterocycles. The maximum absolute atomic E-state index is 6.75. The van der Waals surface area contributed by atoms with Crippen molar-refractivity contribution in [1.82, 2.24) is 9.55 Å². The Bertz CT molecular complexity index is 3150. The van der Waals surface area contributed by atoms with E-state index in [-0.39, 0.29) is 21.7 Å². The van der Waals surface area contributed by atoms with Gasteiger partial charge in [-0.1, -0.05) is 118 Å². The average Bonchev–Trinajstić information content (AvgIpc) is 3.89. The molecule has 0 saturated carbocycles. The molecule has 6 heteroatoms. The van der Waals surface area contributed by atoms with E-state index in [2.05, 4.69) is 228 Å². The number of para-hydroxylation sites is 2. The van der Waals surface area contributed by atoms with E-state index in [1.54, 1.807) is 0 Å². The van der Waals surface area contributed by atoms with E-state index in [4.69, 9.17) is 9.72 Å². The van der Waals surface area contributed by atoms with Crippen LogP contribution in [-0.2, 0) is 21.7 Å². The lowest BCUT2D eigenvalue weighted by molar-refractivity contribution is 0.483. The number of anilines is 5. The highest BCUT2D eigenvalue weighted by Gasteiger charge is 2.46. The first-order valence-electron chi connectivity index (χ1n) is 22.7. The summed E-state index contributed by atoms with van der Waals surface area (Å²) < 4.78 is 9.05. The first kappa shape index (κ1) is 40.0. The zero-order chi connectivity index (χ0) is 44.5. The van der Waals surface area contributed by atoms with Crippen LogP contribution < -0.4 is 19.4 Å². The van der Waals surface area contributed by atoms with Crippen LogP contribution in [0.2, 0.25) is 0 Å². The van der Waals surface area contributed by atoms with Crippen LogP contribution in [0.15, 0.2) is 152 Å². The summed E-state index contributed by atoms with van der Waals surface area (Å²) in [6.45, 7) is 23.8. The highest BCUT2D eigenvalue weighted by atomic mass is 16.5. The maximum Gasteiger partial charge on any atom is 0.137 e. The lowest BCUT2D eigenvalue weighted by Crippen LogP contribution is -2.38. The van der Waals surface area contributed by atoms with Gasteiger partial charge in [0.1, 0.15) is 17.3 Å². The Balaban J connectivity index is 0.926. The molecule has 0 atom stereocenters. The fourth-order valence-electron chi connectivity index (χ4n) is 10.4. The molecule has 6 aromatic carbocycles. The summed E-state index contributed by atoms with van der Waals surface area (Å²) in [5, 5.41) is 2.39. The summed E-state index contributed by atoms with van der Waals surface area (Å²) in [6, 6.07) is 48.9. The SMILES string of the molecule is CC(C)(C)c1ccnc(-n2c3ccc(C(C)(C)C)cc3c3ccc(Oc4cccc(N5C=CN(c6cc7c8c(c6)C(C)(C)c6ccccc6N8c6ccccc6C7(C)C)C5)c4)cc32)c1. The van der Waals surface area contributed by atoms with Crippen molar-refractivity contribution < 1.29 is 4.74 Å². The summed E-state index contributed by atoms with van der Waals surface area (Å²) in [5.74, 6) is 2.47. The molecule has 8 aromatic rings. The van der Waals surface area contributed by atoms with E-state index >= 15 is 0 Å². The standard InChI is InChI=1S/C58H57N5O/c1-55(2,3)37-22-25-49-44(30-37)43-24-23-42(35-52(43)62(49)53-31-38(26-27-59-53)56(4,5)6)64-41-17-15-16-39(32-41)60-28-29-61(36-60)40-33-47-54-48(34-40)58(9,10)46-19-12-14-21-51(46)63(54)50-20-13-11-18-45(50)57(47,7)8/h11-35H,36H2,1-10H3. The minimum absolute atomic E-state index is 0.0111. The molecule has 11 rings (SSSR count). The van der Waals surface area contributed by atoms with Crippen molar-refractivity contribution in [1.29, 1.82) is 0 Å². The molecule has 3 aliphatic rings. The fourth-order valence-corrected chi connectivity index (χ4v) is 10.4. The van der Waals surface area contributed by atoms with Crippen LogP contribution in [0.1, 0.15) is 103 Å². The van der Waals surface area contributed by atoms with Crippen LogP contribution in [0.4, 0.5) is 28.4 Å². The summed E-state index contributed by atoms with van der Waals surface area (Å²) in [4.78, 5) is 12.1. The molecular formula is C58H57N5O. The number of hydrogen-bond acceptors (Lipinski definition) is 5. The lowest BCUT2D eigenvalue weighted by Gasteiger charge is -2.49. The maximum atomic E-state index is 6.75. The fraction of sp³-hybridized carbons (Fsp3) is 0.259. The number of nitrogens with zero attached hydrogens (tertiary/aromatic N) is 5. The van der Waals surface area contributed by atoms with Gasteiger partial charge in [0, 0.05) is 63.7 Å². The monoisotopic (exact) mass is 839 g/mol. The van der Waals surface area contributed by atoms with Gasteiger partial charge in [0.25, 0.3) is 0 Å². The summed E-state index contributed by atoms with van der Waals surface area (Å²) in [5.41, 5.74) is 15.9. The van der Waals surface area contributed by atoms with Crippen molar-refractivity contribution in [3.8, 4) is 17.3 Å². The Labute approximate surface area is 378 Å². The Morgan fingerprint density at radius 2 is 1.12 bits per heavy atom. The molecule has 5 heterocycles. The topological polar surface area (TPSA) is 36.8 Å². The number of rotatable bonds is 5. The van der Waals surface area contributed by atoms with E-state index in [0.29, 0.717) is 6.67 Å². The number of fused-ring (bicyclic) bond motifs is 7. The van der Waals surface area contributed by atoms with Gasteiger partial charge in [-0.25, -0.2) is 4.98 Å². The van der Waals surface area contributed by atoms with E-state index in [0.717, 1.165) is 34.0 Å². The van der Waals surface area contributed by atoms with E-state index in [9.17, 15) is 0 Å². The number of benzene rings is 6. The van der Waals surface area contributed by atoms with Crippen LogP contribution in [0.3, 0.4) is 0 Å². The van der Waals surface area contributed by atoms with Crippen LogP contribution in [0.25, 0.3) is 27.6 Å². The number of aromatic nitrogens is 2. The molecule has 0 saturated heterocycles. The number of hydrogen-bond donors (Lipinski definition) is 0. The second kappa shape index (κ2) is 13.9. The first-order chi connectivity index (χ1) is 30.5. The molecule has 0 bridgehead atoms. The van der Waals surface area contributed by atoms with Gasteiger partial charge < -0.3 is 19.4 Å². The molecule has 0 unspecified atom stereocenters. The zero-order valence-corrected chi connectivity index (χ0v) is 38.8. The zero-order valence-electron chi connectivity index (χ0n) is 38.8. The molecule has 0 radical (unpaired) electrons. The van der Waals surface area contributed by atoms with Crippen molar-refractivity contribution in [2.24, 2.45) is 0 Å². The third-order valence-electron chi connectivity index (χ3n) is 14.2. The molecule has 64 heavy (non-hydrogen) atoms. The Morgan fingerprint density at radius 1 is 0.516 bits per heavy atom. The molecule has 2 aromatic heterocycles. The molecule has 0 fully saturated rings. The number of pyridine rings is 1. The van der Waals surface area contributed by atoms with Gasteiger partial charge in [0.15, 0.2) is 0 Å². The van der Waals surface area contributed by atoms with E-state index in [1.165, 1.54) is 66.9 Å². The molecule has 0 spiro atoms. The van der Waals surface area contributed by atoms with Crippen molar-refractivity contribution in [3.63, 3.8) is 0 Å². The predicted octanol–water partition coefficient (Wildman–Crippen LogP) is 15.1. The predicted molar refractivity (Wildman–Crippen MR) is 267 cm³/mol. The third-order valence-corrected chi connectivity index (χ3v) is 14.2. The van der Waals surface area contributed by atoms with E-state index in [1.807, 2.05) is 12.3 Å². The van der Waals surface area contributed by atoms with Gasteiger partial charge in [0.05, 0.1) is 34.8 Å². The van der Waals surface area contributed by atoms with Gasteiger partial charge >= 0.3 is 0 Å². The van der Waals surface area contributed by atoms with Crippen molar-refractivity contribution in [2.45, 2.75) is 90.9 Å². The first-order valence-corrected chi connectivity index (χ1v) is 22.7. The summed E-state index contributed by atoms with van der Waals surface area (Å²) in [6.07, 6.45) is 6.34. The highest BCUT2D eigenvalue weighted by Crippen LogP contribution is 2.60. The quantitative estimate of drug-likeness (QED) is 0.173. The molecule has 0 amide bonds. The minimum atomic E-state index is -0.190. The van der Waals surface area contributed by atoms with Crippen molar-refractivity contribution in [2.75, 3.05) is 21.4 Å². The van der Waals surface area contributed by atoms with Gasteiger partial charge in [0.2, 0.25) is 0 Å². The molecule has 6 nitrogen and oxygen atoms in total. The van der Waals surface area contributed by atoms with E-state index < -0.39 is 0 Å². The van der Waals surface area contributed by atoms with Crippen LogP contribution >= 0.6 is 0 Å². The average molecular weight is 840 g/mol. The second-order valence-electron chi connectivity index (χ2n) is 21.1. The third kappa shape index (κ3) is 6.17. The van der Waals surface area contributed by atoms with Crippen LogP contribution in [0.5, 0.6) is 11.5 Å².